The van der Waals surface area contributed by atoms with Crippen molar-refractivity contribution in [2.24, 2.45) is 0 Å². The number of halogens is 3. The average molecular weight is 557 g/mol. The van der Waals surface area contributed by atoms with Gasteiger partial charge in [0, 0.05) is 50.4 Å². The molecule has 3 saturated heterocycles. The van der Waals surface area contributed by atoms with Crippen molar-refractivity contribution in [3.8, 4) is 0 Å². The first-order chi connectivity index (χ1) is 17.7. The topological polar surface area (TPSA) is 92.3 Å². The second-order valence-electron chi connectivity index (χ2n) is 9.13. The first kappa shape index (κ1) is 26.2. The van der Waals surface area contributed by atoms with Gasteiger partial charge in [0.15, 0.2) is 0 Å². The van der Waals surface area contributed by atoms with Crippen LogP contribution in [0.2, 0.25) is 5.15 Å². The molecule has 0 radical (unpaired) electrons. The van der Waals surface area contributed by atoms with Crippen LogP contribution < -0.4 is 9.80 Å². The molecule has 3 aliphatic heterocycles. The summed E-state index contributed by atoms with van der Waals surface area (Å²) in [6.07, 6.45) is -0.148. The predicted molar refractivity (Wildman–Crippen MR) is 133 cm³/mol. The predicted octanol–water partition coefficient (Wildman–Crippen LogP) is 2.88. The molecule has 4 heterocycles. The van der Waals surface area contributed by atoms with Gasteiger partial charge < -0.3 is 19.3 Å². The van der Waals surface area contributed by atoms with E-state index in [-0.39, 0.29) is 73.3 Å². The molecular formula is C24H27ClF2N4O5S. The van der Waals surface area contributed by atoms with Crippen LogP contribution in [0.1, 0.15) is 18.4 Å². The monoisotopic (exact) mass is 556 g/mol. The number of carbonyl (C=O) groups is 1. The van der Waals surface area contributed by atoms with Gasteiger partial charge in [-0.25, -0.2) is 13.4 Å². The van der Waals surface area contributed by atoms with Gasteiger partial charge in [-0.1, -0.05) is 11.6 Å². The van der Waals surface area contributed by atoms with Crippen LogP contribution >= 0.6 is 11.6 Å². The SMILES string of the molecule is O=C1CCCN1c1ccc(S(=O)(=O)N2CCN(c3cc(C(F)(F)[C@H]4COCCO4)cc(Cl)n3)CC2)cc1. The summed E-state index contributed by atoms with van der Waals surface area (Å²) in [4.78, 5) is 19.7. The number of anilines is 2. The van der Waals surface area contributed by atoms with E-state index < -0.39 is 22.0 Å². The van der Waals surface area contributed by atoms with Gasteiger partial charge >= 0.3 is 5.92 Å². The Hall–Kier alpha value is -2.38. The molecule has 3 fully saturated rings. The largest absolute Gasteiger partial charge is 0.376 e. The van der Waals surface area contributed by atoms with Crippen molar-refractivity contribution in [2.45, 2.75) is 29.8 Å². The zero-order chi connectivity index (χ0) is 26.2. The number of amides is 1. The number of nitrogens with zero attached hydrogens (tertiary/aromatic N) is 4. The number of pyridine rings is 1. The van der Waals surface area contributed by atoms with E-state index >= 15 is 8.78 Å². The second kappa shape index (κ2) is 10.4. The van der Waals surface area contributed by atoms with Gasteiger partial charge in [0.1, 0.15) is 17.1 Å². The molecule has 1 atom stereocenters. The van der Waals surface area contributed by atoms with E-state index in [1.165, 1.54) is 22.5 Å². The van der Waals surface area contributed by atoms with Gasteiger partial charge in [0.05, 0.1) is 24.7 Å². The Labute approximate surface area is 218 Å². The highest BCUT2D eigenvalue weighted by molar-refractivity contribution is 7.89. The summed E-state index contributed by atoms with van der Waals surface area (Å²) in [6.45, 7) is 1.55. The van der Waals surface area contributed by atoms with E-state index in [9.17, 15) is 13.2 Å². The Kier molecular flexibility index (Phi) is 7.38. The third kappa shape index (κ3) is 5.30. The summed E-state index contributed by atoms with van der Waals surface area (Å²) in [5.41, 5.74) is 0.348. The van der Waals surface area contributed by atoms with Crippen molar-refractivity contribution in [2.75, 3.05) is 62.3 Å². The smallest absolute Gasteiger partial charge is 0.301 e. The number of carbonyl (C=O) groups excluding carboxylic acids is 1. The summed E-state index contributed by atoms with van der Waals surface area (Å²) >= 11 is 6.09. The number of sulfonamides is 1. The van der Waals surface area contributed by atoms with Crippen molar-refractivity contribution in [3.05, 3.63) is 47.1 Å². The Morgan fingerprint density at radius 2 is 1.76 bits per heavy atom. The van der Waals surface area contributed by atoms with Crippen LogP contribution in [0.15, 0.2) is 41.3 Å². The molecule has 0 aliphatic carbocycles. The Morgan fingerprint density at radius 3 is 2.38 bits per heavy atom. The van der Waals surface area contributed by atoms with Crippen molar-refractivity contribution < 1.29 is 31.5 Å². The summed E-state index contributed by atoms with van der Waals surface area (Å²) in [6, 6.07) is 8.69. The molecule has 13 heteroatoms. The Morgan fingerprint density at radius 1 is 1.03 bits per heavy atom. The number of rotatable bonds is 6. The number of alkyl halides is 2. The molecule has 200 valence electrons. The van der Waals surface area contributed by atoms with Crippen LogP contribution in [-0.2, 0) is 30.2 Å². The fourth-order valence-corrected chi connectivity index (χ4v) is 6.37. The lowest BCUT2D eigenvalue weighted by Gasteiger charge is -2.35. The van der Waals surface area contributed by atoms with E-state index in [0.29, 0.717) is 18.7 Å². The molecule has 37 heavy (non-hydrogen) atoms. The molecular weight excluding hydrogens is 530 g/mol. The van der Waals surface area contributed by atoms with Crippen LogP contribution in [0.4, 0.5) is 20.3 Å². The van der Waals surface area contributed by atoms with E-state index in [2.05, 4.69) is 4.98 Å². The lowest BCUT2D eigenvalue weighted by Crippen LogP contribution is -2.49. The zero-order valence-electron chi connectivity index (χ0n) is 20.0. The molecule has 1 aromatic carbocycles. The third-order valence-electron chi connectivity index (χ3n) is 6.81. The fourth-order valence-electron chi connectivity index (χ4n) is 4.75. The number of aromatic nitrogens is 1. The van der Waals surface area contributed by atoms with Gasteiger partial charge in [-0.3, -0.25) is 4.79 Å². The quantitative estimate of drug-likeness (QED) is 0.505. The summed E-state index contributed by atoms with van der Waals surface area (Å²) in [7, 11) is -3.77. The first-order valence-electron chi connectivity index (χ1n) is 12.1. The standard InChI is InChI=1S/C24H27ClF2N4O5S/c25-21-14-17(24(26,27)20-16-35-12-13-36-20)15-22(28-21)29-8-10-30(11-9-29)37(33,34)19-5-3-18(4-6-19)31-7-1-2-23(31)32/h3-6,14-15,20H,1-2,7-13,16H2/t20-/m1/s1. The minimum atomic E-state index is -3.77. The minimum absolute atomic E-state index is 0.0295. The molecule has 2 aromatic rings. The van der Waals surface area contributed by atoms with Gasteiger partial charge in [-0.15, -0.1) is 0 Å². The first-order valence-corrected chi connectivity index (χ1v) is 13.9. The molecule has 1 amide bonds. The van der Waals surface area contributed by atoms with Crippen LogP contribution in [0.5, 0.6) is 0 Å². The molecule has 9 nitrogen and oxygen atoms in total. The minimum Gasteiger partial charge on any atom is -0.376 e. The molecule has 3 aliphatic rings. The van der Waals surface area contributed by atoms with E-state index in [0.717, 1.165) is 12.5 Å². The van der Waals surface area contributed by atoms with E-state index in [4.69, 9.17) is 21.1 Å². The summed E-state index contributed by atoms with van der Waals surface area (Å²) < 4.78 is 68.3. The number of ether oxygens (including phenoxy) is 2. The second-order valence-corrected chi connectivity index (χ2v) is 11.5. The normalized spacial score (nSPS) is 22.0. The fraction of sp³-hybridized carbons (Fsp3) is 0.500. The van der Waals surface area contributed by atoms with Crippen LogP contribution in [0, 0.1) is 0 Å². The highest BCUT2D eigenvalue weighted by Gasteiger charge is 2.44. The van der Waals surface area contributed by atoms with Crippen molar-refractivity contribution in [1.82, 2.24) is 9.29 Å². The van der Waals surface area contributed by atoms with Gasteiger partial charge in [0.2, 0.25) is 15.9 Å². The molecule has 0 spiro atoms. The highest BCUT2D eigenvalue weighted by atomic mass is 35.5. The van der Waals surface area contributed by atoms with Crippen LogP contribution in [0.25, 0.3) is 0 Å². The van der Waals surface area contributed by atoms with E-state index in [1.807, 2.05) is 0 Å². The van der Waals surface area contributed by atoms with Crippen molar-refractivity contribution in [1.29, 1.82) is 0 Å². The summed E-state index contributed by atoms with van der Waals surface area (Å²) in [5, 5.41) is -0.0875. The zero-order valence-corrected chi connectivity index (χ0v) is 21.6. The van der Waals surface area contributed by atoms with Crippen LogP contribution in [-0.4, -0.2) is 82.3 Å². The lowest BCUT2D eigenvalue weighted by molar-refractivity contribution is -0.199. The molecule has 0 unspecified atom stereocenters. The molecule has 0 N–H and O–H groups in total. The van der Waals surface area contributed by atoms with E-state index in [1.54, 1.807) is 21.9 Å². The number of hydrogen-bond acceptors (Lipinski definition) is 7. The number of piperazine rings is 1. The molecule has 1 aromatic heterocycles. The maximum absolute atomic E-state index is 15.1. The Balaban J connectivity index is 1.27. The number of hydrogen-bond donors (Lipinski definition) is 0. The maximum atomic E-state index is 15.1. The highest BCUT2D eigenvalue weighted by Crippen LogP contribution is 2.37. The van der Waals surface area contributed by atoms with Gasteiger partial charge in [-0.05, 0) is 42.8 Å². The van der Waals surface area contributed by atoms with Crippen molar-refractivity contribution >= 4 is 39.0 Å². The third-order valence-corrected chi connectivity index (χ3v) is 8.91. The molecule has 0 saturated carbocycles. The van der Waals surface area contributed by atoms with Gasteiger partial charge in [-0.2, -0.15) is 13.1 Å². The summed E-state index contributed by atoms with van der Waals surface area (Å²) in [5.74, 6) is -3.06. The van der Waals surface area contributed by atoms with Crippen LogP contribution in [0.3, 0.4) is 0 Å². The Bertz CT molecular complexity index is 1250. The maximum Gasteiger partial charge on any atom is 0.301 e. The average Bonchev–Trinajstić information content (AvgIpc) is 3.34. The van der Waals surface area contributed by atoms with Gasteiger partial charge in [0.25, 0.3) is 0 Å². The molecule has 0 bridgehead atoms. The molecule has 5 rings (SSSR count). The number of benzene rings is 1. The lowest BCUT2D eigenvalue weighted by atomic mass is 10.0. The van der Waals surface area contributed by atoms with Crippen molar-refractivity contribution in [3.63, 3.8) is 0 Å².